The molecule has 2 aromatic rings. The zero-order chi connectivity index (χ0) is 16.7. The number of aliphatic hydroxyl groups excluding tert-OH is 1. The van der Waals surface area contributed by atoms with Crippen molar-refractivity contribution in [2.75, 3.05) is 13.7 Å². The summed E-state index contributed by atoms with van der Waals surface area (Å²) in [5.41, 5.74) is 7.62. The third-order valence-corrected chi connectivity index (χ3v) is 3.61. The molecule has 0 fully saturated rings. The van der Waals surface area contributed by atoms with Crippen molar-refractivity contribution in [1.29, 1.82) is 0 Å². The minimum atomic E-state index is -0.784. The number of rotatable bonds is 7. The monoisotopic (exact) mass is 350 g/mol. The number of amides is 1. The molecule has 1 amide bonds. The standard InChI is InChI=1S/C18H22N2O3.ClH/c1-23-15-9-7-14(8-10-15)17(21)12-20-18(22)16(19)11-13-5-3-2-4-6-13;/h2-10,16-17,21H,11-12,19H2,1H3,(H,20,22);1H. The van der Waals surface area contributed by atoms with E-state index in [0.717, 1.165) is 11.3 Å². The molecule has 0 radical (unpaired) electrons. The molecule has 2 atom stereocenters. The molecule has 2 aromatic carbocycles. The van der Waals surface area contributed by atoms with E-state index in [0.29, 0.717) is 12.0 Å². The van der Waals surface area contributed by atoms with Crippen molar-refractivity contribution in [3.63, 3.8) is 0 Å². The number of benzene rings is 2. The van der Waals surface area contributed by atoms with Crippen LogP contribution in [0, 0.1) is 0 Å². The Kier molecular flexibility index (Phi) is 8.26. The highest BCUT2D eigenvalue weighted by Gasteiger charge is 2.16. The highest BCUT2D eigenvalue weighted by molar-refractivity contribution is 5.85. The summed E-state index contributed by atoms with van der Waals surface area (Å²) >= 11 is 0. The van der Waals surface area contributed by atoms with E-state index >= 15 is 0 Å². The van der Waals surface area contributed by atoms with E-state index in [2.05, 4.69) is 5.32 Å². The number of aliphatic hydroxyl groups is 1. The molecule has 0 aromatic heterocycles. The lowest BCUT2D eigenvalue weighted by molar-refractivity contribution is -0.122. The van der Waals surface area contributed by atoms with Crippen molar-refractivity contribution in [2.45, 2.75) is 18.6 Å². The molecule has 5 nitrogen and oxygen atoms in total. The number of methoxy groups -OCH3 is 1. The zero-order valence-electron chi connectivity index (χ0n) is 13.5. The average Bonchev–Trinajstić information content (AvgIpc) is 2.60. The van der Waals surface area contributed by atoms with E-state index in [1.807, 2.05) is 30.3 Å². The molecule has 0 saturated heterocycles. The van der Waals surface area contributed by atoms with Crippen LogP contribution in [0.2, 0.25) is 0 Å². The molecular formula is C18H23ClN2O3. The minimum Gasteiger partial charge on any atom is -0.497 e. The molecule has 130 valence electrons. The fraction of sp³-hybridized carbons (Fsp3) is 0.278. The molecule has 0 saturated carbocycles. The van der Waals surface area contributed by atoms with Crippen LogP contribution in [-0.2, 0) is 11.2 Å². The van der Waals surface area contributed by atoms with Gasteiger partial charge in [-0.15, -0.1) is 12.4 Å². The summed E-state index contributed by atoms with van der Waals surface area (Å²) in [5, 5.41) is 12.8. The Morgan fingerprint density at radius 2 is 1.79 bits per heavy atom. The summed E-state index contributed by atoms with van der Waals surface area (Å²) in [5.74, 6) is 0.441. The van der Waals surface area contributed by atoms with Crippen LogP contribution >= 0.6 is 12.4 Å². The molecule has 0 aliphatic rings. The van der Waals surface area contributed by atoms with Gasteiger partial charge in [0.15, 0.2) is 0 Å². The number of nitrogens with two attached hydrogens (primary N) is 1. The Hall–Kier alpha value is -2.08. The maximum absolute atomic E-state index is 12.0. The van der Waals surface area contributed by atoms with Crippen LogP contribution in [0.1, 0.15) is 17.2 Å². The van der Waals surface area contributed by atoms with E-state index in [4.69, 9.17) is 10.5 Å². The topological polar surface area (TPSA) is 84.6 Å². The molecule has 2 rings (SSSR count). The Bertz CT molecular complexity index is 620. The van der Waals surface area contributed by atoms with Gasteiger partial charge in [0.05, 0.1) is 19.3 Å². The Balaban J connectivity index is 0.00000288. The summed E-state index contributed by atoms with van der Waals surface area (Å²) in [7, 11) is 1.58. The quantitative estimate of drug-likeness (QED) is 0.711. The number of carbonyl (C=O) groups excluding carboxylic acids is 1. The first kappa shape index (κ1) is 20.0. The molecule has 4 N–H and O–H groups in total. The molecule has 24 heavy (non-hydrogen) atoms. The first-order valence-electron chi connectivity index (χ1n) is 7.49. The lowest BCUT2D eigenvalue weighted by atomic mass is 10.1. The van der Waals surface area contributed by atoms with Crippen LogP contribution < -0.4 is 15.8 Å². The normalized spacial score (nSPS) is 12.6. The van der Waals surface area contributed by atoms with Gasteiger partial charge in [0.1, 0.15) is 5.75 Å². The maximum Gasteiger partial charge on any atom is 0.237 e. The number of hydrogen-bond donors (Lipinski definition) is 3. The van der Waals surface area contributed by atoms with Crippen LogP contribution in [0.15, 0.2) is 54.6 Å². The van der Waals surface area contributed by atoms with Gasteiger partial charge in [-0.3, -0.25) is 4.79 Å². The van der Waals surface area contributed by atoms with Gasteiger partial charge >= 0.3 is 0 Å². The van der Waals surface area contributed by atoms with E-state index in [1.54, 1.807) is 31.4 Å². The van der Waals surface area contributed by atoms with E-state index in [1.165, 1.54) is 0 Å². The molecule has 2 unspecified atom stereocenters. The van der Waals surface area contributed by atoms with E-state index < -0.39 is 12.1 Å². The van der Waals surface area contributed by atoms with Crippen molar-refractivity contribution >= 4 is 18.3 Å². The summed E-state index contributed by atoms with van der Waals surface area (Å²) in [6, 6.07) is 16.0. The van der Waals surface area contributed by atoms with E-state index in [-0.39, 0.29) is 24.9 Å². The summed E-state index contributed by atoms with van der Waals surface area (Å²) in [6.45, 7) is 0.119. The van der Waals surface area contributed by atoms with Crippen molar-refractivity contribution in [3.05, 3.63) is 65.7 Å². The van der Waals surface area contributed by atoms with Crippen LogP contribution in [-0.4, -0.2) is 30.7 Å². The second-order valence-corrected chi connectivity index (χ2v) is 5.33. The van der Waals surface area contributed by atoms with E-state index in [9.17, 15) is 9.90 Å². The van der Waals surface area contributed by atoms with Crippen LogP contribution in [0.25, 0.3) is 0 Å². The molecule has 6 heteroatoms. The van der Waals surface area contributed by atoms with Gasteiger partial charge in [0.2, 0.25) is 5.91 Å². The SMILES string of the molecule is COc1ccc(C(O)CNC(=O)C(N)Cc2ccccc2)cc1.Cl. The largest absolute Gasteiger partial charge is 0.497 e. The Morgan fingerprint density at radius 3 is 2.38 bits per heavy atom. The number of halogens is 1. The number of carbonyl (C=O) groups is 1. The van der Waals surface area contributed by atoms with Crippen molar-refractivity contribution in [1.82, 2.24) is 5.32 Å². The van der Waals surface area contributed by atoms with Gasteiger partial charge in [-0.25, -0.2) is 0 Å². The van der Waals surface area contributed by atoms with Gasteiger partial charge in [-0.05, 0) is 29.7 Å². The Labute approximate surface area is 148 Å². The first-order valence-corrected chi connectivity index (χ1v) is 7.49. The fourth-order valence-corrected chi connectivity index (χ4v) is 2.23. The van der Waals surface area contributed by atoms with Gasteiger partial charge in [-0.1, -0.05) is 42.5 Å². The Morgan fingerprint density at radius 1 is 1.17 bits per heavy atom. The van der Waals surface area contributed by atoms with Crippen molar-refractivity contribution in [3.8, 4) is 5.75 Å². The third kappa shape index (κ3) is 5.85. The van der Waals surface area contributed by atoms with Gasteiger partial charge < -0.3 is 20.9 Å². The highest BCUT2D eigenvalue weighted by atomic mass is 35.5. The van der Waals surface area contributed by atoms with Crippen molar-refractivity contribution < 1.29 is 14.6 Å². The summed E-state index contributed by atoms with van der Waals surface area (Å²) in [4.78, 5) is 12.0. The fourth-order valence-electron chi connectivity index (χ4n) is 2.23. The third-order valence-electron chi connectivity index (χ3n) is 3.61. The van der Waals surface area contributed by atoms with Crippen LogP contribution in [0.3, 0.4) is 0 Å². The molecule has 0 aliphatic heterocycles. The summed E-state index contributed by atoms with van der Waals surface area (Å²) < 4.78 is 5.07. The predicted molar refractivity (Wildman–Crippen MR) is 96.3 cm³/mol. The molecular weight excluding hydrogens is 328 g/mol. The second kappa shape index (κ2) is 9.93. The summed E-state index contributed by atoms with van der Waals surface area (Å²) in [6.07, 6.45) is -0.320. The second-order valence-electron chi connectivity index (χ2n) is 5.33. The highest BCUT2D eigenvalue weighted by Crippen LogP contribution is 2.17. The number of nitrogens with one attached hydrogen (secondary N) is 1. The molecule has 0 heterocycles. The predicted octanol–water partition coefficient (Wildman–Crippen LogP) is 1.84. The first-order chi connectivity index (χ1) is 11.1. The number of ether oxygens (including phenoxy) is 1. The lowest BCUT2D eigenvalue weighted by Gasteiger charge is -2.16. The molecule has 0 spiro atoms. The smallest absolute Gasteiger partial charge is 0.237 e. The molecule has 0 bridgehead atoms. The lowest BCUT2D eigenvalue weighted by Crippen LogP contribution is -2.43. The van der Waals surface area contributed by atoms with Gasteiger partial charge in [0.25, 0.3) is 0 Å². The maximum atomic E-state index is 12.0. The zero-order valence-corrected chi connectivity index (χ0v) is 14.3. The minimum absolute atomic E-state index is 0. The number of hydrogen-bond acceptors (Lipinski definition) is 4. The van der Waals surface area contributed by atoms with Crippen LogP contribution in [0.4, 0.5) is 0 Å². The average molecular weight is 351 g/mol. The van der Waals surface area contributed by atoms with Gasteiger partial charge in [-0.2, -0.15) is 0 Å². The van der Waals surface area contributed by atoms with Crippen LogP contribution in [0.5, 0.6) is 5.75 Å². The molecule has 0 aliphatic carbocycles. The van der Waals surface area contributed by atoms with Crippen molar-refractivity contribution in [2.24, 2.45) is 5.73 Å². The van der Waals surface area contributed by atoms with Gasteiger partial charge in [0, 0.05) is 6.54 Å².